The van der Waals surface area contributed by atoms with E-state index in [0.29, 0.717) is 12.8 Å². The van der Waals surface area contributed by atoms with E-state index in [0.717, 1.165) is 25.7 Å². The van der Waals surface area contributed by atoms with Gasteiger partial charge in [0, 0.05) is 12.8 Å². The van der Waals surface area contributed by atoms with Gasteiger partial charge in [-0.2, -0.15) is 0 Å². The zero-order valence-corrected chi connectivity index (χ0v) is 18.7. The summed E-state index contributed by atoms with van der Waals surface area (Å²) in [6, 6.07) is 0. The van der Waals surface area contributed by atoms with Gasteiger partial charge in [-0.25, -0.2) is 0 Å². The van der Waals surface area contributed by atoms with Crippen LogP contribution in [0.5, 0.6) is 0 Å². The second-order valence-corrected chi connectivity index (χ2v) is 7.50. The number of hydrogen-bond donors (Lipinski definition) is 1. The lowest BCUT2D eigenvalue weighted by Crippen LogP contribution is -1.98. The Bertz CT molecular complexity index is 353. The molecule has 0 aromatic carbocycles. The fourth-order valence-electron chi connectivity index (χ4n) is 2.97. The highest BCUT2D eigenvalue weighted by Crippen LogP contribution is 2.10. The molecule has 0 bridgehead atoms. The molecule has 28 heavy (non-hydrogen) atoms. The Labute approximate surface area is 174 Å². The van der Waals surface area contributed by atoms with Gasteiger partial charge in [0.2, 0.25) is 0 Å². The first-order valence-electron chi connectivity index (χ1n) is 11.6. The van der Waals surface area contributed by atoms with E-state index in [2.05, 4.69) is 25.2 Å². The summed E-state index contributed by atoms with van der Waals surface area (Å²) >= 11 is 0. The Morgan fingerprint density at radius 3 is 1.39 bits per heavy atom. The summed E-state index contributed by atoms with van der Waals surface area (Å²) in [5, 5.41) is 8.41. The average molecular weight is 399 g/mol. The van der Waals surface area contributed by atoms with Crippen LogP contribution < -0.4 is 0 Å². The lowest BCUT2D eigenvalue weighted by molar-refractivity contribution is -0.138. The van der Waals surface area contributed by atoms with Crippen molar-refractivity contribution >= 4 is 11.9 Å². The van der Waals surface area contributed by atoms with E-state index in [-0.39, 0.29) is 5.97 Å². The van der Waals surface area contributed by atoms with Gasteiger partial charge >= 0.3 is 11.9 Å². The minimum Gasteiger partial charge on any atom is -0.481 e. The van der Waals surface area contributed by atoms with Crippen molar-refractivity contribution in [3.63, 3.8) is 0 Å². The number of aliphatic carboxylic acids is 1. The third kappa shape index (κ3) is 29.4. The van der Waals surface area contributed by atoms with Gasteiger partial charge in [0.1, 0.15) is 0 Å². The van der Waals surface area contributed by atoms with Crippen molar-refractivity contribution in [1.29, 1.82) is 0 Å². The molecule has 0 saturated heterocycles. The Morgan fingerprint density at radius 1 is 0.679 bits per heavy atom. The predicted octanol–water partition coefficient (Wildman–Crippen LogP) is 7.81. The first kappa shape index (κ1) is 28.9. The minimum atomic E-state index is -0.659. The maximum atomic E-state index is 10.9. The highest BCUT2D eigenvalue weighted by atomic mass is 16.5. The van der Waals surface area contributed by atoms with E-state index in [1.165, 1.54) is 83.3 Å². The molecule has 0 aliphatic heterocycles. The van der Waals surface area contributed by atoms with Crippen molar-refractivity contribution in [1.82, 2.24) is 0 Å². The molecule has 166 valence electrons. The molecule has 0 rings (SSSR count). The minimum absolute atomic E-state index is 0.159. The molecule has 0 aliphatic carbocycles. The standard InChI is InChI=1S/C12H22O2.C12H24O2/c1-3-5-6-7-8-9-10-11-12(13)14-4-2;1-2-3-4-5-6-7-8-9-10-11-12(13)14/h4H,2-3,5-11H2,1H3;2-11H2,1H3,(H,13,14). The molecule has 4 heteroatoms. The van der Waals surface area contributed by atoms with Crippen LogP contribution in [0.2, 0.25) is 0 Å². The number of esters is 1. The fraction of sp³-hybridized carbons (Fsp3) is 0.833. The molecule has 0 unspecified atom stereocenters. The summed E-state index contributed by atoms with van der Waals surface area (Å²) in [6.07, 6.45) is 21.8. The van der Waals surface area contributed by atoms with E-state index in [1.807, 2.05) is 0 Å². The van der Waals surface area contributed by atoms with Gasteiger partial charge < -0.3 is 9.84 Å². The number of carbonyl (C=O) groups excluding carboxylic acids is 1. The summed E-state index contributed by atoms with van der Waals surface area (Å²) in [6.45, 7) is 7.78. The number of unbranched alkanes of at least 4 members (excludes halogenated alkanes) is 14. The monoisotopic (exact) mass is 398 g/mol. The van der Waals surface area contributed by atoms with Gasteiger partial charge in [0.15, 0.2) is 0 Å². The van der Waals surface area contributed by atoms with Crippen LogP contribution in [0.3, 0.4) is 0 Å². The molecule has 0 spiro atoms. The zero-order valence-electron chi connectivity index (χ0n) is 18.7. The molecule has 0 aromatic rings. The quantitative estimate of drug-likeness (QED) is 0.137. The predicted molar refractivity (Wildman–Crippen MR) is 118 cm³/mol. The molecular formula is C24H46O4. The molecule has 1 N–H and O–H groups in total. The molecule has 0 amide bonds. The number of hydrogen-bond acceptors (Lipinski definition) is 3. The SMILES string of the molecule is C=COC(=O)CCCCCCCCC.CCCCCCCCCCCC(=O)O. The molecule has 4 nitrogen and oxygen atoms in total. The van der Waals surface area contributed by atoms with E-state index in [1.54, 1.807) is 0 Å². The number of rotatable bonds is 19. The molecule has 0 fully saturated rings. The third-order valence-corrected chi connectivity index (χ3v) is 4.69. The third-order valence-electron chi connectivity index (χ3n) is 4.69. The molecule has 0 radical (unpaired) electrons. The summed E-state index contributed by atoms with van der Waals surface area (Å²) in [5.41, 5.74) is 0. The Kier molecular flexibility index (Phi) is 26.5. The Balaban J connectivity index is 0. The largest absolute Gasteiger partial charge is 0.481 e. The molecular weight excluding hydrogens is 352 g/mol. The van der Waals surface area contributed by atoms with Crippen LogP contribution in [-0.2, 0) is 14.3 Å². The topological polar surface area (TPSA) is 63.6 Å². The fourth-order valence-corrected chi connectivity index (χ4v) is 2.97. The van der Waals surface area contributed by atoms with Gasteiger partial charge in [0.25, 0.3) is 0 Å². The van der Waals surface area contributed by atoms with E-state index in [9.17, 15) is 9.59 Å². The second kappa shape index (κ2) is 25.7. The Hall–Kier alpha value is -1.32. The number of ether oxygens (including phenoxy) is 1. The molecule has 0 aromatic heterocycles. The number of carbonyl (C=O) groups is 2. The van der Waals surface area contributed by atoms with Crippen LogP contribution in [0.1, 0.15) is 129 Å². The second-order valence-electron chi connectivity index (χ2n) is 7.50. The molecule has 0 aliphatic rings. The van der Waals surface area contributed by atoms with Gasteiger partial charge in [-0.1, -0.05) is 110 Å². The van der Waals surface area contributed by atoms with Crippen LogP contribution in [0.15, 0.2) is 12.8 Å². The lowest BCUT2D eigenvalue weighted by Gasteiger charge is -2.00. The lowest BCUT2D eigenvalue weighted by atomic mass is 10.1. The van der Waals surface area contributed by atoms with Crippen molar-refractivity contribution in [2.24, 2.45) is 0 Å². The van der Waals surface area contributed by atoms with Crippen LogP contribution in [0.25, 0.3) is 0 Å². The van der Waals surface area contributed by atoms with Crippen molar-refractivity contribution in [3.8, 4) is 0 Å². The van der Waals surface area contributed by atoms with Gasteiger partial charge in [-0.3, -0.25) is 9.59 Å². The average Bonchev–Trinajstić information content (AvgIpc) is 2.66. The first-order chi connectivity index (χ1) is 13.6. The smallest absolute Gasteiger partial charge is 0.310 e. The van der Waals surface area contributed by atoms with Crippen molar-refractivity contribution < 1.29 is 19.4 Å². The first-order valence-corrected chi connectivity index (χ1v) is 11.6. The summed E-state index contributed by atoms with van der Waals surface area (Å²) < 4.78 is 4.61. The molecule has 0 saturated carbocycles. The van der Waals surface area contributed by atoms with Crippen LogP contribution >= 0.6 is 0 Å². The van der Waals surface area contributed by atoms with E-state index >= 15 is 0 Å². The maximum Gasteiger partial charge on any atom is 0.310 e. The van der Waals surface area contributed by atoms with Crippen LogP contribution in [-0.4, -0.2) is 17.0 Å². The van der Waals surface area contributed by atoms with Crippen molar-refractivity contribution in [2.75, 3.05) is 0 Å². The highest BCUT2D eigenvalue weighted by Gasteiger charge is 1.99. The molecule has 0 atom stereocenters. The zero-order chi connectivity index (χ0) is 21.3. The summed E-state index contributed by atoms with van der Waals surface area (Å²) in [4.78, 5) is 21.1. The molecule has 0 heterocycles. The Morgan fingerprint density at radius 2 is 1.04 bits per heavy atom. The summed E-state index contributed by atoms with van der Waals surface area (Å²) in [7, 11) is 0. The number of carboxylic acids is 1. The highest BCUT2D eigenvalue weighted by molar-refractivity contribution is 5.69. The van der Waals surface area contributed by atoms with Gasteiger partial charge in [0.05, 0.1) is 6.26 Å². The maximum absolute atomic E-state index is 10.9. The summed E-state index contributed by atoms with van der Waals surface area (Å²) in [5.74, 6) is -0.818. The van der Waals surface area contributed by atoms with Crippen LogP contribution in [0, 0.1) is 0 Å². The van der Waals surface area contributed by atoms with Gasteiger partial charge in [-0.15, -0.1) is 0 Å². The van der Waals surface area contributed by atoms with E-state index < -0.39 is 5.97 Å². The van der Waals surface area contributed by atoms with Gasteiger partial charge in [-0.05, 0) is 12.8 Å². The number of carboxylic acid groups (broad SMARTS) is 1. The normalized spacial score (nSPS) is 10.1. The van der Waals surface area contributed by atoms with Crippen molar-refractivity contribution in [3.05, 3.63) is 12.8 Å². The van der Waals surface area contributed by atoms with Crippen LogP contribution in [0.4, 0.5) is 0 Å². The van der Waals surface area contributed by atoms with E-state index in [4.69, 9.17) is 5.11 Å². The van der Waals surface area contributed by atoms with Crippen molar-refractivity contribution in [2.45, 2.75) is 129 Å².